The van der Waals surface area contributed by atoms with Crippen molar-refractivity contribution in [3.63, 3.8) is 0 Å². The first-order valence-electron chi connectivity index (χ1n) is 24.0. The highest BCUT2D eigenvalue weighted by Gasteiger charge is 2.50. The molecule has 5 aromatic rings. The number of rotatable bonds is 14. The number of nitro benzene ring substituents is 1. The molecule has 0 radical (unpaired) electrons. The van der Waals surface area contributed by atoms with Crippen molar-refractivity contribution < 1.29 is 28.0 Å². The molecule has 15 nitrogen and oxygen atoms in total. The normalized spacial score (nSPS) is 22.7. The zero-order valence-corrected chi connectivity index (χ0v) is 39.9. The second kappa shape index (κ2) is 18.9. The molecule has 2 saturated heterocycles. The number of benzene rings is 3. The number of ether oxygens (including phenoxy) is 1. The van der Waals surface area contributed by atoms with Gasteiger partial charge in [-0.05, 0) is 130 Å². The number of anilines is 2. The molecular weight excluding hydrogens is 869 g/mol. The molecule has 2 aliphatic carbocycles. The fourth-order valence-corrected chi connectivity index (χ4v) is 12.1. The topological polar surface area (TPSA) is 186 Å². The van der Waals surface area contributed by atoms with Gasteiger partial charge >= 0.3 is 0 Å². The lowest BCUT2D eigenvalue weighted by Crippen LogP contribution is -2.60. The molecule has 2 saturated carbocycles. The summed E-state index contributed by atoms with van der Waals surface area (Å²) in [6, 6.07) is 22.3. The molecule has 9 rings (SSSR count). The maximum Gasteiger partial charge on any atom is 0.293 e. The highest BCUT2D eigenvalue weighted by atomic mass is 32.2. The fraction of sp³-hybridized carbons (Fsp3) is 0.490. The van der Waals surface area contributed by atoms with E-state index in [4.69, 9.17) is 4.74 Å². The molecule has 4 heterocycles. The lowest BCUT2D eigenvalue weighted by atomic mass is 9.59. The van der Waals surface area contributed by atoms with Gasteiger partial charge in [0.05, 0.1) is 27.2 Å². The highest BCUT2D eigenvalue weighted by Crippen LogP contribution is 2.53. The Kier molecular flexibility index (Phi) is 13.1. The van der Waals surface area contributed by atoms with Crippen molar-refractivity contribution >= 4 is 44.0 Å². The number of piperazine rings is 1. The number of likely N-dealkylation sites (N-methyl/N-ethyl adjacent to an activating group) is 1. The zero-order valence-electron chi connectivity index (χ0n) is 39.0. The van der Waals surface area contributed by atoms with E-state index in [0.29, 0.717) is 48.8 Å². The summed E-state index contributed by atoms with van der Waals surface area (Å²) in [5, 5.41) is 26.4. The predicted molar refractivity (Wildman–Crippen MR) is 260 cm³/mol. The van der Waals surface area contributed by atoms with Crippen molar-refractivity contribution in [3.05, 3.63) is 112 Å². The van der Waals surface area contributed by atoms with Crippen LogP contribution in [0.4, 0.5) is 17.1 Å². The summed E-state index contributed by atoms with van der Waals surface area (Å²) in [6.45, 7) is 15.0. The average molecular weight is 933 g/mol. The Bertz CT molecular complexity index is 2710. The predicted octanol–water partition coefficient (Wildman–Crippen LogP) is 8.99. The van der Waals surface area contributed by atoms with Crippen LogP contribution < -0.4 is 19.7 Å². The van der Waals surface area contributed by atoms with Crippen molar-refractivity contribution in [1.82, 2.24) is 24.5 Å². The summed E-state index contributed by atoms with van der Waals surface area (Å²) < 4.78 is 36.1. The largest absolute Gasteiger partial charge is 0.455 e. The maximum atomic E-state index is 14.0. The van der Waals surface area contributed by atoms with E-state index in [2.05, 4.69) is 79.7 Å². The van der Waals surface area contributed by atoms with Crippen LogP contribution in [0, 0.1) is 21.4 Å². The number of hydrogen-bond acceptors (Lipinski definition) is 12. The van der Waals surface area contributed by atoms with E-state index >= 15 is 0 Å². The summed E-state index contributed by atoms with van der Waals surface area (Å²) in [7, 11) is -4.57. The molecule has 1 unspecified atom stereocenters. The van der Waals surface area contributed by atoms with Gasteiger partial charge in [0, 0.05) is 80.8 Å². The number of amides is 1. The third kappa shape index (κ3) is 10.0. The van der Waals surface area contributed by atoms with E-state index < -0.39 is 37.0 Å². The number of nitro groups is 1. The number of aromatic amines is 1. The van der Waals surface area contributed by atoms with Crippen LogP contribution in [-0.4, -0.2) is 102 Å². The number of aromatic nitrogens is 2. The van der Waals surface area contributed by atoms with E-state index in [1.165, 1.54) is 36.1 Å². The van der Waals surface area contributed by atoms with Gasteiger partial charge in [-0.3, -0.25) is 19.8 Å². The van der Waals surface area contributed by atoms with Gasteiger partial charge in [-0.25, -0.2) is 18.1 Å². The molecule has 4 fully saturated rings. The Morgan fingerprint density at radius 2 is 1.76 bits per heavy atom. The number of nitrogens with zero attached hydrogens (tertiary/aromatic N) is 5. The van der Waals surface area contributed by atoms with Crippen molar-refractivity contribution in [1.29, 1.82) is 0 Å². The average Bonchev–Trinajstić information content (AvgIpc) is 3.78. The van der Waals surface area contributed by atoms with Crippen LogP contribution >= 0.6 is 0 Å². The molecule has 16 heteroatoms. The van der Waals surface area contributed by atoms with E-state index in [-0.39, 0.29) is 28.3 Å². The minimum atomic E-state index is -4.57. The van der Waals surface area contributed by atoms with Crippen LogP contribution in [0.1, 0.15) is 113 Å². The van der Waals surface area contributed by atoms with Gasteiger partial charge in [0.15, 0.2) is 0 Å². The second-order valence-corrected chi connectivity index (χ2v) is 21.7. The molecule has 1 spiro atoms. The molecule has 2 aliphatic heterocycles. The molecule has 4 N–H and O–H groups in total. The van der Waals surface area contributed by atoms with Gasteiger partial charge in [-0.2, -0.15) is 0 Å². The number of carbonyl (C=O) groups excluding carboxylic acids is 1. The lowest BCUT2D eigenvalue weighted by molar-refractivity contribution is -0.384. The van der Waals surface area contributed by atoms with Crippen molar-refractivity contribution in [3.8, 4) is 11.5 Å². The Morgan fingerprint density at radius 3 is 2.49 bits per heavy atom. The molecule has 1 amide bonds. The third-order valence-electron chi connectivity index (χ3n) is 15.2. The number of aliphatic hydroxyl groups is 1. The van der Waals surface area contributed by atoms with Gasteiger partial charge < -0.3 is 29.9 Å². The van der Waals surface area contributed by atoms with Crippen LogP contribution in [0.2, 0.25) is 0 Å². The van der Waals surface area contributed by atoms with Gasteiger partial charge in [-0.1, -0.05) is 45.0 Å². The van der Waals surface area contributed by atoms with E-state index in [1.807, 2.05) is 19.1 Å². The number of H-pyrrole nitrogens is 1. The monoisotopic (exact) mass is 932 g/mol. The van der Waals surface area contributed by atoms with E-state index in [9.17, 15) is 28.4 Å². The minimum absolute atomic E-state index is 0.0205. The summed E-state index contributed by atoms with van der Waals surface area (Å²) in [6.07, 6.45) is 10.6. The number of carbonyl (C=O) groups is 1. The number of fused-ring (bicyclic) bond motifs is 1. The Hall–Kier alpha value is -5.55. The first-order valence-corrected chi connectivity index (χ1v) is 25.5. The van der Waals surface area contributed by atoms with Gasteiger partial charge in [0.2, 0.25) is 0 Å². The molecule has 67 heavy (non-hydrogen) atoms. The van der Waals surface area contributed by atoms with Crippen molar-refractivity contribution in [2.45, 2.75) is 108 Å². The Labute approximate surface area is 393 Å². The van der Waals surface area contributed by atoms with Crippen LogP contribution in [0.3, 0.4) is 0 Å². The zero-order chi connectivity index (χ0) is 47.1. The Morgan fingerprint density at radius 1 is 1.00 bits per heavy atom. The fourth-order valence-electron chi connectivity index (χ4n) is 11.1. The smallest absolute Gasteiger partial charge is 0.293 e. The number of pyridine rings is 1. The summed E-state index contributed by atoms with van der Waals surface area (Å²) in [5.41, 5.74) is 3.74. The quantitative estimate of drug-likeness (QED) is 0.0613. The van der Waals surface area contributed by atoms with Gasteiger partial charge in [-0.15, -0.1) is 0 Å². The third-order valence-corrected chi connectivity index (χ3v) is 16.5. The van der Waals surface area contributed by atoms with Crippen molar-refractivity contribution in [2.24, 2.45) is 11.3 Å². The second-order valence-electron chi connectivity index (χ2n) is 20.0. The molecule has 1 atom stereocenters. The maximum absolute atomic E-state index is 14.0. The van der Waals surface area contributed by atoms with Gasteiger partial charge in [0.25, 0.3) is 21.6 Å². The van der Waals surface area contributed by atoms with Crippen LogP contribution in [0.25, 0.3) is 11.0 Å². The molecular formula is C51H64N8O7S. The minimum Gasteiger partial charge on any atom is -0.455 e. The molecule has 4 aliphatic rings. The SMILES string of the molecule is CCN1CCN(C2CC3(CCN(c4ccc(C(=O)NS(=O)(=O)c5ccc(NCC6CCC(C)(O)CC6)c([N+](=O)[O-])c5)c(Oc5cnc6[nH]ccc6c5)c4)CC3)C2)C(c2ccccc2C(C)C)C1. The lowest BCUT2D eigenvalue weighted by Gasteiger charge is -2.58. The standard InChI is InChI=1S/C51H64N8O7S/c1-5-56-24-25-58(46(33-56)42-9-7-6-8-41(42)34(2)3)38-29-51(30-38)19-22-57(23-20-51)37-10-12-43(47(27-37)66-39-26-36-16-21-52-48(36)54-32-39)49(60)55-67(64,65)40-11-13-44(45(28-40)59(62)63)53-31-35-14-17-50(4,61)18-15-35/h6-13,16,21,26-28,32,34-35,38,46,53,61H,5,14-15,17-20,22-25,29-31,33H2,1-4H3,(H,52,54)(H,55,60). The molecule has 3 aromatic carbocycles. The van der Waals surface area contributed by atoms with Gasteiger partial charge in [0.1, 0.15) is 22.8 Å². The van der Waals surface area contributed by atoms with Crippen LogP contribution in [0.15, 0.2) is 90.1 Å². The summed E-state index contributed by atoms with van der Waals surface area (Å²) >= 11 is 0. The van der Waals surface area contributed by atoms with Crippen LogP contribution in [-0.2, 0) is 10.0 Å². The van der Waals surface area contributed by atoms with E-state index in [0.717, 1.165) is 82.1 Å². The van der Waals surface area contributed by atoms with Crippen molar-refractivity contribution in [2.75, 3.05) is 56.0 Å². The summed E-state index contributed by atoms with van der Waals surface area (Å²) in [5.74, 6) is 0.245. The van der Waals surface area contributed by atoms with Crippen LogP contribution in [0.5, 0.6) is 11.5 Å². The number of hydrogen-bond donors (Lipinski definition) is 4. The van der Waals surface area contributed by atoms with E-state index in [1.54, 1.807) is 30.6 Å². The number of piperidine rings is 1. The first-order chi connectivity index (χ1) is 32.1. The molecule has 356 valence electrons. The highest BCUT2D eigenvalue weighted by molar-refractivity contribution is 7.90. The summed E-state index contributed by atoms with van der Waals surface area (Å²) in [4.78, 5) is 40.4. The molecule has 2 aromatic heterocycles. The number of sulfonamides is 1. The number of nitrogens with one attached hydrogen (secondary N) is 3. The molecule has 0 bridgehead atoms. The first kappa shape index (κ1) is 46.6. The Balaban J connectivity index is 0.899.